The van der Waals surface area contributed by atoms with Gasteiger partial charge in [-0.15, -0.1) is 0 Å². The third kappa shape index (κ3) is 2.82. The van der Waals surface area contributed by atoms with Crippen LogP contribution in [0.5, 0.6) is 0 Å². The molecule has 3 aromatic rings. The van der Waals surface area contributed by atoms with E-state index in [0.717, 1.165) is 5.69 Å². The number of nitrogens with zero attached hydrogens (tertiary/aromatic N) is 3. The average molecular weight is 317 g/mol. The van der Waals surface area contributed by atoms with Crippen LogP contribution in [0.2, 0.25) is 5.02 Å². The SMILES string of the molecule is O=C(Nc1ccc(-n2cncn2)cc1)c1c(F)cccc1Cl. The molecule has 0 aliphatic rings. The Hall–Kier alpha value is -2.73. The van der Waals surface area contributed by atoms with Crippen LogP contribution in [0.3, 0.4) is 0 Å². The summed E-state index contributed by atoms with van der Waals surface area (Å²) in [6.45, 7) is 0. The molecule has 0 fully saturated rings. The number of benzene rings is 2. The van der Waals surface area contributed by atoms with Crippen LogP contribution >= 0.6 is 11.6 Å². The Morgan fingerprint density at radius 3 is 2.59 bits per heavy atom. The molecule has 1 aromatic heterocycles. The molecule has 0 saturated carbocycles. The highest BCUT2D eigenvalue weighted by Gasteiger charge is 2.15. The zero-order valence-electron chi connectivity index (χ0n) is 11.2. The molecule has 0 aliphatic heterocycles. The summed E-state index contributed by atoms with van der Waals surface area (Å²) in [4.78, 5) is 16.0. The van der Waals surface area contributed by atoms with E-state index in [0.29, 0.717) is 5.69 Å². The van der Waals surface area contributed by atoms with E-state index in [-0.39, 0.29) is 10.6 Å². The van der Waals surface area contributed by atoms with Gasteiger partial charge in [-0.3, -0.25) is 4.79 Å². The Morgan fingerprint density at radius 2 is 1.95 bits per heavy atom. The predicted octanol–water partition coefficient (Wildman–Crippen LogP) is 3.31. The van der Waals surface area contributed by atoms with Gasteiger partial charge < -0.3 is 5.32 Å². The third-order valence-corrected chi connectivity index (χ3v) is 3.31. The van der Waals surface area contributed by atoms with Crippen molar-refractivity contribution in [2.24, 2.45) is 0 Å². The van der Waals surface area contributed by atoms with Crippen LogP contribution in [0.1, 0.15) is 10.4 Å². The molecule has 0 radical (unpaired) electrons. The van der Waals surface area contributed by atoms with Crippen LogP contribution in [0.4, 0.5) is 10.1 Å². The number of amides is 1. The molecule has 0 saturated heterocycles. The molecular weight excluding hydrogens is 307 g/mol. The lowest BCUT2D eigenvalue weighted by Gasteiger charge is -2.08. The number of aromatic nitrogens is 3. The molecule has 1 N–H and O–H groups in total. The number of carbonyl (C=O) groups is 1. The minimum atomic E-state index is -0.663. The van der Waals surface area contributed by atoms with Crippen LogP contribution in [-0.4, -0.2) is 20.7 Å². The van der Waals surface area contributed by atoms with E-state index in [1.807, 2.05) is 0 Å². The van der Waals surface area contributed by atoms with Gasteiger partial charge in [-0.05, 0) is 36.4 Å². The van der Waals surface area contributed by atoms with Crippen molar-refractivity contribution in [3.63, 3.8) is 0 Å². The smallest absolute Gasteiger partial charge is 0.260 e. The minimum Gasteiger partial charge on any atom is -0.322 e. The summed E-state index contributed by atoms with van der Waals surface area (Å²) < 4.78 is 15.3. The van der Waals surface area contributed by atoms with E-state index < -0.39 is 11.7 Å². The van der Waals surface area contributed by atoms with Crippen molar-refractivity contribution >= 4 is 23.2 Å². The van der Waals surface area contributed by atoms with Gasteiger partial charge >= 0.3 is 0 Å². The Kier molecular flexibility index (Phi) is 3.84. The summed E-state index contributed by atoms with van der Waals surface area (Å²) in [5, 5.41) is 6.67. The topological polar surface area (TPSA) is 59.8 Å². The van der Waals surface area contributed by atoms with Crippen molar-refractivity contribution in [3.8, 4) is 5.69 Å². The maximum absolute atomic E-state index is 13.7. The van der Waals surface area contributed by atoms with E-state index in [1.165, 1.54) is 24.5 Å². The van der Waals surface area contributed by atoms with Crippen LogP contribution in [0.15, 0.2) is 55.1 Å². The predicted molar refractivity (Wildman–Crippen MR) is 80.7 cm³/mol. The molecule has 1 amide bonds. The van der Waals surface area contributed by atoms with Gasteiger partial charge in [0.05, 0.1) is 16.3 Å². The largest absolute Gasteiger partial charge is 0.322 e. The Balaban J connectivity index is 1.80. The molecule has 0 aliphatic carbocycles. The van der Waals surface area contributed by atoms with Crippen LogP contribution < -0.4 is 5.32 Å². The number of anilines is 1. The van der Waals surface area contributed by atoms with Gasteiger partial charge in [0, 0.05) is 5.69 Å². The first-order chi connectivity index (χ1) is 10.6. The molecule has 110 valence electrons. The average Bonchev–Trinajstić information content (AvgIpc) is 3.02. The lowest BCUT2D eigenvalue weighted by atomic mass is 10.2. The molecule has 0 bridgehead atoms. The quantitative estimate of drug-likeness (QED) is 0.806. The summed E-state index contributed by atoms with van der Waals surface area (Å²) >= 11 is 5.86. The lowest BCUT2D eigenvalue weighted by molar-refractivity contribution is 0.102. The molecule has 3 rings (SSSR count). The fourth-order valence-electron chi connectivity index (χ4n) is 1.95. The Morgan fingerprint density at radius 1 is 1.18 bits per heavy atom. The minimum absolute atomic E-state index is 0.0664. The van der Waals surface area contributed by atoms with E-state index in [9.17, 15) is 9.18 Å². The van der Waals surface area contributed by atoms with Gasteiger partial charge in [0.15, 0.2) is 0 Å². The normalized spacial score (nSPS) is 10.5. The zero-order chi connectivity index (χ0) is 15.5. The summed E-state index contributed by atoms with van der Waals surface area (Å²) in [5.41, 5.74) is 1.14. The summed E-state index contributed by atoms with van der Waals surface area (Å²) in [6, 6.07) is 11.0. The highest BCUT2D eigenvalue weighted by molar-refractivity contribution is 6.34. The van der Waals surface area contributed by atoms with E-state index in [4.69, 9.17) is 11.6 Å². The monoisotopic (exact) mass is 316 g/mol. The second-order valence-electron chi connectivity index (χ2n) is 4.44. The first kappa shape index (κ1) is 14.2. The number of rotatable bonds is 3. The second kappa shape index (κ2) is 5.95. The van der Waals surface area contributed by atoms with Crippen molar-refractivity contribution in [3.05, 3.63) is 71.5 Å². The number of halogens is 2. The van der Waals surface area contributed by atoms with Gasteiger partial charge in [-0.1, -0.05) is 17.7 Å². The zero-order valence-corrected chi connectivity index (χ0v) is 12.0. The van der Waals surface area contributed by atoms with Gasteiger partial charge in [0.2, 0.25) is 0 Å². The summed E-state index contributed by atoms with van der Waals surface area (Å²) in [7, 11) is 0. The molecule has 0 atom stereocenters. The molecule has 22 heavy (non-hydrogen) atoms. The molecule has 0 spiro atoms. The first-order valence-corrected chi connectivity index (χ1v) is 6.73. The summed E-state index contributed by atoms with van der Waals surface area (Å²) in [5.74, 6) is -1.26. The fourth-order valence-corrected chi connectivity index (χ4v) is 2.20. The van der Waals surface area contributed by atoms with Crippen molar-refractivity contribution in [2.45, 2.75) is 0 Å². The van der Waals surface area contributed by atoms with Crippen molar-refractivity contribution < 1.29 is 9.18 Å². The molecule has 2 aromatic carbocycles. The second-order valence-corrected chi connectivity index (χ2v) is 4.84. The van der Waals surface area contributed by atoms with Crippen molar-refractivity contribution in [1.29, 1.82) is 0 Å². The molecule has 1 heterocycles. The molecular formula is C15H10ClFN4O. The fraction of sp³-hybridized carbons (Fsp3) is 0. The molecule has 7 heteroatoms. The van der Waals surface area contributed by atoms with Crippen LogP contribution in [0, 0.1) is 5.82 Å². The van der Waals surface area contributed by atoms with E-state index in [2.05, 4.69) is 15.4 Å². The van der Waals surface area contributed by atoms with Crippen molar-refractivity contribution in [2.75, 3.05) is 5.32 Å². The molecule has 0 unspecified atom stereocenters. The lowest BCUT2D eigenvalue weighted by Crippen LogP contribution is -2.14. The number of nitrogens with one attached hydrogen (secondary N) is 1. The summed E-state index contributed by atoms with van der Waals surface area (Å²) in [6.07, 6.45) is 2.99. The van der Waals surface area contributed by atoms with Gasteiger partial charge in [-0.25, -0.2) is 14.1 Å². The maximum Gasteiger partial charge on any atom is 0.260 e. The molecule has 5 nitrogen and oxygen atoms in total. The van der Waals surface area contributed by atoms with Crippen molar-refractivity contribution in [1.82, 2.24) is 14.8 Å². The Labute approximate surface area is 130 Å². The number of hydrogen-bond donors (Lipinski definition) is 1. The van der Waals surface area contributed by atoms with Crippen LogP contribution in [0.25, 0.3) is 5.69 Å². The highest BCUT2D eigenvalue weighted by atomic mass is 35.5. The van der Waals surface area contributed by atoms with E-state index >= 15 is 0 Å². The first-order valence-electron chi connectivity index (χ1n) is 6.35. The van der Waals surface area contributed by atoms with Gasteiger partial charge in [-0.2, -0.15) is 5.10 Å². The van der Waals surface area contributed by atoms with E-state index in [1.54, 1.807) is 35.3 Å². The van der Waals surface area contributed by atoms with Crippen LogP contribution in [-0.2, 0) is 0 Å². The maximum atomic E-state index is 13.7. The highest BCUT2D eigenvalue weighted by Crippen LogP contribution is 2.21. The number of hydrogen-bond acceptors (Lipinski definition) is 3. The van der Waals surface area contributed by atoms with Gasteiger partial charge in [0.1, 0.15) is 18.5 Å². The third-order valence-electron chi connectivity index (χ3n) is 3.00. The number of carbonyl (C=O) groups excluding carboxylic acids is 1. The Bertz CT molecular complexity index is 783. The standard InChI is InChI=1S/C15H10ClFN4O/c16-12-2-1-3-13(17)14(12)15(22)20-10-4-6-11(7-5-10)21-9-18-8-19-21/h1-9H,(H,20,22). The van der Waals surface area contributed by atoms with Gasteiger partial charge in [0.25, 0.3) is 5.91 Å².